The molecule has 4 nitrogen and oxygen atoms in total. The Morgan fingerprint density at radius 3 is 2.23 bits per heavy atom. The van der Waals surface area contributed by atoms with Crippen LogP contribution in [0.3, 0.4) is 0 Å². The van der Waals surface area contributed by atoms with E-state index in [-0.39, 0.29) is 5.78 Å². The average Bonchev–Trinajstić information content (AvgIpc) is 2.63. The first-order valence-electron chi connectivity index (χ1n) is 9.06. The van der Waals surface area contributed by atoms with Gasteiger partial charge in [0.1, 0.15) is 5.75 Å². The van der Waals surface area contributed by atoms with Crippen LogP contribution < -0.4 is 0 Å². The summed E-state index contributed by atoms with van der Waals surface area (Å²) in [6, 6.07) is 17.3. The van der Waals surface area contributed by atoms with Crippen LogP contribution in [0, 0.1) is 12.8 Å². The van der Waals surface area contributed by atoms with E-state index in [0.29, 0.717) is 24.6 Å². The van der Waals surface area contributed by atoms with Crippen LogP contribution in [0.2, 0.25) is 0 Å². The highest BCUT2D eigenvalue weighted by Gasteiger charge is 2.30. The Morgan fingerprint density at radius 2 is 1.62 bits per heavy atom. The molecule has 5 heteroatoms. The van der Waals surface area contributed by atoms with Gasteiger partial charge in [0.25, 0.3) is 0 Å². The maximum atomic E-state index is 12.6. The summed E-state index contributed by atoms with van der Waals surface area (Å²) in [6.45, 7) is 2.94. The van der Waals surface area contributed by atoms with Crippen molar-refractivity contribution in [3.05, 3.63) is 71.3 Å². The van der Waals surface area contributed by atoms with Gasteiger partial charge in [-0.2, -0.15) is 0 Å². The molecule has 0 bridgehead atoms. The van der Waals surface area contributed by atoms with E-state index in [1.165, 1.54) is 9.87 Å². The summed E-state index contributed by atoms with van der Waals surface area (Å²) >= 11 is 0. The first-order valence-corrected chi connectivity index (χ1v) is 10.7. The highest BCUT2D eigenvalue weighted by Crippen LogP contribution is 2.23. The fraction of sp³-hybridized carbons (Fsp3) is 0.381. The molecule has 0 unspecified atom stereocenters. The Balaban J connectivity index is 1.55. The van der Waals surface area contributed by atoms with Crippen molar-refractivity contribution in [2.24, 2.45) is 5.92 Å². The Morgan fingerprint density at radius 1 is 1.00 bits per heavy atom. The molecule has 1 saturated heterocycles. The smallest absolute Gasteiger partial charge is 0.221 e. The maximum Gasteiger partial charge on any atom is 0.221 e. The standard InChI is InChI=1S/C21H25NO3S/c1-17-7-9-20(10-8-17)21(23)16-26(24,25)22-13-11-19(12-14-22)15-18-5-3-2-4-6-18/h2-10,19H,11-16H2,1H3. The molecule has 0 atom stereocenters. The second kappa shape index (κ2) is 8.14. The number of piperidine rings is 1. The molecule has 0 N–H and O–H groups in total. The van der Waals surface area contributed by atoms with Crippen molar-refractivity contribution >= 4 is 15.8 Å². The van der Waals surface area contributed by atoms with Crippen LogP contribution in [-0.2, 0) is 16.4 Å². The zero-order chi connectivity index (χ0) is 18.6. The molecule has 0 spiro atoms. The lowest BCUT2D eigenvalue weighted by atomic mass is 9.91. The Labute approximate surface area is 155 Å². The fourth-order valence-electron chi connectivity index (χ4n) is 3.42. The summed E-state index contributed by atoms with van der Waals surface area (Å²) in [4.78, 5) is 12.3. The first-order chi connectivity index (χ1) is 12.4. The summed E-state index contributed by atoms with van der Waals surface area (Å²) in [5, 5.41) is 0. The molecule has 0 aliphatic carbocycles. The van der Waals surface area contributed by atoms with E-state index in [9.17, 15) is 13.2 Å². The molecular weight excluding hydrogens is 346 g/mol. The normalized spacial score (nSPS) is 16.5. The van der Waals surface area contributed by atoms with Gasteiger partial charge in [-0.05, 0) is 37.7 Å². The van der Waals surface area contributed by atoms with Crippen molar-refractivity contribution in [3.63, 3.8) is 0 Å². The number of benzene rings is 2. The van der Waals surface area contributed by atoms with Crippen molar-refractivity contribution < 1.29 is 13.2 Å². The quantitative estimate of drug-likeness (QED) is 0.731. The van der Waals surface area contributed by atoms with Crippen LogP contribution in [-0.4, -0.2) is 37.3 Å². The number of Topliss-reactive ketones (excluding diaryl/α,β-unsaturated/α-hetero) is 1. The number of hydrogen-bond donors (Lipinski definition) is 0. The van der Waals surface area contributed by atoms with Crippen molar-refractivity contribution in [1.29, 1.82) is 0 Å². The van der Waals surface area contributed by atoms with E-state index >= 15 is 0 Å². The van der Waals surface area contributed by atoms with Gasteiger partial charge in [-0.25, -0.2) is 12.7 Å². The first kappa shape index (κ1) is 18.8. The molecule has 3 rings (SSSR count). The number of ketones is 1. The predicted molar refractivity (Wildman–Crippen MR) is 104 cm³/mol. The number of hydrogen-bond acceptors (Lipinski definition) is 3. The molecule has 2 aromatic carbocycles. The van der Waals surface area contributed by atoms with E-state index < -0.39 is 15.8 Å². The van der Waals surface area contributed by atoms with Crippen LogP contribution in [0.15, 0.2) is 54.6 Å². The van der Waals surface area contributed by atoms with Gasteiger partial charge in [0.15, 0.2) is 5.78 Å². The largest absolute Gasteiger partial charge is 0.293 e. The molecule has 0 saturated carbocycles. The molecule has 0 amide bonds. The van der Waals surface area contributed by atoms with Gasteiger partial charge >= 0.3 is 0 Å². The second-order valence-electron chi connectivity index (χ2n) is 7.08. The Hall–Kier alpha value is -1.98. The van der Waals surface area contributed by atoms with Gasteiger partial charge in [0.2, 0.25) is 10.0 Å². The van der Waals surface area contributed by atoms with Gasteiger partial charge < -0.3 is 0 Å². The molecule has 1 heterocycles. The lowest BCUT2D eigenvalue weighted by molar-refractivity contribution is 0.101. The van der Waals surface area contributed by atoms with Crippen LogP contribution in [0.5, 0.6) is 0 Å². The summed E-state index contributed by atoms with van der Waals surface area (Å²) in [5.74, 6) is -0.285. The summed E-state index contributed by atoms with van der Waals surface area (Å²) in [7, 11) is -3.55. The van der Waals surface area contributed by atoms with E-state index in [1.54, 1.807) is 12.1 Å². The van der Waals surface area contributed by atoms with Crippen LogP contribution in [0.1, 0.15) is 34.3 Å². The van der Waals surface area contributed by atoms with Crippen molar-refractivity contribution in [1.82, 2.24) is 4.31 Å². The molecular formula is C21H25NO3S. The topological polar surface area (TPSA) is 54.5 Å². The van der Waals surface area contributed by atoms with Gasteiger partial charge in [-0.15, -0.1) is 0 Å². The monoisotopic (exact) mass is 371 g/mol. The van der Waals surface area contributed by atoms with Crippen molar-refractivity contribution in [2.45, 2.75) is 26.2 Å². The second-order valence-corrected chi connectivity index (χ2v) is 9.05. The molecule has 0 radical (unpaired) electrons. The van der Waals surface area contributed by atoms with Crippen molar-refractivity contribution in [2.75, 3.05) is 18.8 Å². The molecule has 1 aliphatic heterocycles. The lowest BCUT2D eigenvalue weighted by Crippen LogP contribution is -2.41. The minimum absolute atomic E-state index is 0.337. The summed E-state index contributed by atoms with van der Waals surface area (Å²) in [6.07, 6.45) is 2.66. The van der Waals surface area contributed by atoms with Gasteiger partial charge in [0.05, 0.1) is 0 Å². The molecule has 0 aromatic heterocycles. The summed E-state index contributed by atoms with van der Waals surface area (Å²) < 4.78 is 26.7. The average molecular weight is 372 g/mol. The number of carbonyl (C=O) groups excluding carboxylic acids is 1. The predicted octanol–water partition coefficient (Wildman–Crippen LogP) is 3.46. The van der Waals surface area contributed by atoms with E-state index in [0.717, 1.165) is 24.8 Å². The van der Waals surface area contributed by atoms with Gasteiger partial charge in [0, 0.05) is 18.7 Å². The number of sulfonamides is 1. The SMILES string of the molecule is Cc1ccc(C(=O)CS(=O)(=O)N2CCC(Cc3ccccc3)CC2)cc1. The van der Waals surface area contributed by atoms with E-state index in [2.05, 4.69) is 12.1 Å². The minimum Gasteiger partial charge on any atom is -0.293 e. The third-order valence-corrected chi connectivity index (χ3v) is 6.80. The molecule has 138 valence electrons. The summed E-state index contributed by atoms with van der Waals surface area (Å²) in [5.41, 5.74) is 2.80. The number of rotatable bonds is 6. The zero-order valence-corrected chi connectivity index (χ0v) is 15.9. The van der Waals surface area contributed by atoms with Crippen LogP contribution >= 0.6 is 0 Å². The van der Waals surface area contributed by atoms with Crippen LogP contribution in [0.25, 0.3) is 0 Å². The Kier molecular flexibility index (Phi) is 5.89. The highest BCUT2D eigenvalue weighted by molar-refractivity contribution is 7.89. The minimum atomic E-state index is -3.55. The third kappa shape index (κ3) is 4.80. The molecule has 26 heavy (non-hydrogen) atoms. The third-order valence-electron chi connectivity index (χ3n) is 5.02. The Bertz CT molecular complexity index is 837. The fourth-order valence-corrected chi connectivity index (χ4v) is 4.87. The van der Waals surface area contributed by atoms with E-state index in [1.807, 2.05) is 37.3 Å². The lowest BCUT2D eigenvalue weighted by Gasteiger charge is -2.31. The van der Waals surface area contributed by atoms with E-state index in [4.69, 9.17) is 0 Å². The van der Waals surface area contributed by atoms with Crippen LogP contribution in [0.4, 0.5) is 0 Å². The van der Waals surface area contributed by atoms with Gasteiger partial charge in [-0.3, -0.25) is 4.79 Å². The molecule has 1 fully saturated rings. The van der Waals surface area contributed by atoms with Gasteiger partial charge in [-0.1, -0.05) is 60.2 Å². The molecule has 1 aliphatic rings. The highest BCUT2D eigenvalue weighted by atomic mass is 32.2. The number of aryl methyl sites for hydroxylation is 1. The maximum absolute atomic E-state index is 12.6. The van der Waals surface area contributed by atoms with Crippen molar-refractivity contribution in [3.8, 4) is 0 Å². The number of carbonyl (C=O) groups is 1. The molecule has 2 aromatic rings. The zero-order valence-electron chi connectivity index (χ0n) is 15.1. The number of nitrogens with zero attached hydrogens (tertiary/aromatic N) is 1.